The van der Waals surface area contributed by atoms with Gasteiger partial charge in [0.2, 0.25) is 11.5 Å². The summed E-state index contributed by atoms with van der Waals surface area (Å²) < 4.78 is 89.5. The number of hydrogen-bond acceptors (Lipinski definition) is 2. The zero-order valence-electron chi connectivity index (χ0n) is 11.3. The van der Waals surface area contributed by atoms with Crippen molar-refractivity contribution >= 4 is 0 Å². The predicted octanol–water partition coefficient (Wildman–Crippen LogP) is 4.30. The molecule has 0 spiro atoms. The van der Waals surface area contributed by atoms with Crippen LogP contribution < -0.4 is 0 Å². The van der Waals surface area contributed by atoms with E-state index in [1.54, 1.807) is 0 Å². The minimum atomic E-state index is -5.61. The number of rotatable bonds is 6. The summed E-state index contributed by atoms with van der Waals surface area (Å²) in [6, 6.07) is 0. The van der Waals surface area contributed by atoms with Gasteiger partial charge in [-0.15, -0.1) is 0 Å². The molecule has 0 aromatic carbocycles. The molecule has 21 heavy (non-hydrogen) atoms. The molecular formula is C13H14F6O2. The Hall–Kier alpha value is -1.60. The molecule has 2 nitrogen and oxygen atoms in total. The number of alkyl halides is 6. The number of hydrogen-bond donors (Lipinski definition) is 0. The molecule has 0 aromatic rings. The molecule has 0 atom stereocenters. The van der Waals surface area contributed by atoms with Crippen molar-refractivity contribution in [3.63, 3.8) is 0 Å². The van der Waals surface area contributed by atoms with E-state index < -0.39 is 42.5 Å². The fourth-order valence-electron chi connectivity index (χ4n) is 1.54. The molecular weight excluding hydrogens is 302 g/mol. The average Bonchev–Trinajstić information content (AvgIpc) is 2.48. The second kappa shape index (κ2) is 6.03. The molecule has 8 heteroatoms. The highest BCUT2D eigenvalue weighted by Crippen LogP contribution is 2.59. The molecule has 0 amide bonds. The molecule has 0 aliphatic heterocycles. The SMILES string of the molecule is CC=CCOC1=C(OCC=CC)C(F)(F)C(F)(F)C1(F)F. The maximum atomic E-state index is 13.5. The summed E-state index contributed by atoms with van der Waals surface area (Å²) in [5.74, 6) is -19.6. The number of allylic oxidation sites excluding steroid dienone is 4. The van der Waals surface area contributed by atoms with E-state index >= 15 is 0 Å². The summed E-state index contributed by atoms with van der Waals surface area (Å²) in [6.45, 7) is 1.95. The lowest BCUT2D eigenvalue weighted by molar-refractivity contribution is -0.276. The Morgan fingerprint density at radius 2 is 1.10 bits per heavy atom. The van der Waals surface area contributed by atoms with Crippen LogP contribution in [0, 0.1) is 0 Å². The molecule has 0 heterocycles. The summed E-state index contributed by atoms with van der Waals surface area (Å²) in [5.41, 5.74) is 0. The minimum absolute atomic E-state index is 0.552. The third-order valence-corrected chi connectivity index (χ3v) is 2.68. The van der Waals surface area contributed by atoms with Gasteiger partial charge >= 0.3 is 17.8 Å². The van der Waals surface area contributed by atoms with Crippen molar-refractivity contribution in [2.24, 2.45) is 0 Å². The Balaban J connectivity index is 3.22. The van der Waals surface area contributed by atoms with E-state index in [9.17, 15) is 26.3 Å². The van der Waals surface area contributed by atoms with E-state index in [-0.39, 0.29) is 0 Å². The Kier molecular flexibility index (Phi) is 5.01. The Morgan fingerprint density at radius 1 is 0.762 bits per heavy atom. The molecule has 0 N–H and O–H groups in total. The summed E-state index contributed by atoms with van der Waals surface area (Å²) in [5, 5.41) is 0. The second-order valence-electron chi connectivity index (χ2n) is 4.14. The predicted molar refractivity (Wildman–Crippen MR) is 63.4 cm³/mol. The zero-order chi connectivity index (χ0) is 16.3. The van der Waals surface area contributed by atoms with Gasteiger partial charge in [0, 0.05) is 0 Å². The first kappa shape index (κ1) is 17.5. The van der Waals surface area contributed by atoms with Crippen LogP contribution in [0.3, 0.4) is 0 Å². The lowest BCUT2D eigenvalue weighted by atomic mass is 10.1. The van der Waals surface area contributed by atoms with Crippen LogP contribution in [-0.2, 0) is 9.47 Å². The van der Waals surface area contributed by atoms with Crippen LogP contribution >= 0.6 is 0 Å². The van der Waals surface area contributed by atoms with Crippen molar-refractivity contribution in [1.29, 1.82) is 0 Å². The van der Waals surface area contributed by atoms with Crippen LogP contribution in [0.4, 0.5) is 26.3 Å². The van der Waals surface area contributed by atoms with E-state index in [0.717, 1.165) is 0 Å². The van der Waals surface area contributed by atoms with Gasteiger partial charge < -0.3 is 9.47 Å². The topological polar surface area (TPSA) is 18.5 Å². The van der Waals surface area contributed by atoms with Gasteiger partial charge in [-0.2, -0.15) is 26.3 Å². The summed E-state index contributed by atoms with van der Waals surface area (Å²) >= 11 is 0. The van der Waals surface area contributed by atoms with Crippen molar-refractivity contribution in [3.05, 3.63) is 35.8 Å². The van der Waals surface area contributed by atoms with Gasteiger partial charge in [-0.25, -0.2) is 0 Å². The van der Waals surface area contributed by atoms with E-state index in [0.29, 0.717) is 0 Å². The summed E-state index contributed by atoms with van der Waals surface area (Å²) in [7, 11) is 0. The molecule has 0 saturated carbocycles. The van der Waals surface area contributed by atoms with E-state index in [2.05, 4.69) is 9.47 Å². The van der Waals surface area contributed by atoms with Crippen molar-refractivity contribution in [3.8, 4) is 0 Å². The van der Waals surface area contributed by atoms with Gasteiger partial charge in [-0.05, 0) is 13.8 Å². The van der Waals surface area contributed by atoms with Crippen LogP contribution in [0.25, 0.3) is 0 Å². The molecule has 1 aliphatic carbocycles. The Morgan fingerprint density at radius 3 is 1.38 bits per heavy atom. The standard InChI is InChI=1S/C13H14F6O2/c1-3-5-7-20-9-10(21-8-6-4-2)12(16,17)13(18,19)11(9,14)15/h3-6H,7-8H2,1-2H3. The molecule has 0 unspecified atom stereocenters. The molecule has 1 aliphatic rings. The van der Waals surface area contributed by atoms with Crippen molar-refractivity contribution in [2.45, 2.75) is 31.6 Å². The Bertz CT molecular complexity index is 425. The lowest BCUT2D eigenvalue weighted by Gasteiger charge is -2.24. The fourth-order valence-corrected chi connectivity index (χ4v) is 1.54. The van der Waals surface area contributed by atoms with Gasteiger partial charge in [0.1, 0.15) is 13.2 Å². The number of ether oxygens (including phenoxy) is 2. The van der Waals surface area contributed by atoms with E-state index in [1.165, 1.54) is 38.2 Å². The lowest BCUT2D eigenvalue weighted by Crippen LogP contribution is -2.49. The Labute approximate surface area is 117 Å². The van der Waals surface area contributed by atoms with Gasteiger partial charge in [-0.1, -0.05) is 24.3 Å². The van der Waals surface area contributed by atoms with Gasteiger partial charge in [-0.3, -0.25) is 0 Å². The smallest absolute Gasteiger partial charge is 0.387 e. The van der Waals surface area contributed by atoms with Gasteiger partial charge in [0.25, 0.3) is 0 Å². The van der Waals surface area contributed by atoms with Crippen LogP contribution in [0.2, 0.25) is 0 Å². The summed E-state index contributed by atoms with van der Waals surface area (Å²) in [6.07, 6.45) is 5.21. The monoisotopic (exact) mass is 316 g/mol. The van der Waals surface area contributed by atoms with Crippen LogP contribution in [0.15, 0.2) is 35.8 Å². The maximum absolute atomic E-state index is 13.5. The molecule has 120 valence electrons. The largest absolute Gasteiger partial charge is 0.484 e. The highest BCUT2D eigenvalue weighted by Gasteiger charge is 2.83. The molecule has 0 aromatic heterocycles. The van der Waals surface area contributed by atoms with Gasteiger partial charge in [0.05, 0.1) is 0 Å². The first-order valence-corrected chi connectivity index (χ1v) is 6.01. The first-order chi connectivity index (χ1) is 9.64. The van der Waals surface area contributed by atoms with Crippen LogP contribution in [0.5, 0.6) is 0 Å². The van der Waals surface area contributed by atoms with Crippen LogP contribution in [-0.4, -0.2) is 31.0 Å². The van der Waals surface area contributed by atoms with Crippen LogP contribution in [0.1, 0.15) is 13.8 Å². The van der Waals surface area contributed by atoms with Crippen molar-refractivity contribution < 1.29 is 35.8 Å². The van der Waals surface area contributed by atoms with Crippen molar-refractivity contribution in [1.82, 2.24) is 0 Å². The second-order valence-corrected chi connectivity index (χ2v) is 4.14. The third kappa shape index (κ3) is 2.75. The molecule has 0 bridgehead atoms. The van der Waals surface area contributed by atoms with E-state index in [4.69, 9.17) is 0 Å². The fraction of sp³-hybridized carbons (Fsp3) is 0.538. The third-order valence-electron chi connectivity index (χ3n) is 2.68. The maximum Gasteiger partial charge on any atom is 0.387 e. The zero-order valence-corrected chi connectivity index (χ0v) is 11.3. The minimum Gasteiger partial charge on any atom is -0.484 e. The molecule has 0 fully saturated rings. The normalized spacial score (nSPS) is 23.2. The average molecular weight is 316 g/mol. The quantitative estimate of drug-likeness (QED) is 0.537. The molecule has 0 radical (unpaired) electrons. The first-order valence-electron chi connectivity index (χ1n) is 6.01. The highest BCUT2D eigenvalue weighted by molar-refractivity contribution is 5.34. The molecule has 0 saturated heterocycles. The number of halogens is 6. The summed E-state index contributed by atoms with van der Waals surface area (Å²) in [4.78, 5) is 0. The highest BCUT2D eigenvalue weighted by atomic mass is 19.3. The van der Waals surface area contributed by atoms with Crippen molar-refractivity contribution in [2.75, 3.05) is 13.2 Å². The molecule has 1 rings (SSSR count). The van der Waals surface area contributed by atoms with E-state index in [1.807, 2.05) is 0 Å². The van der Waals surface area contributed by atoms with Gasteiger partial charge in [0.15, 0.2) is 0 Å².